The number of thiophene rings is 1. The molecule has 4 nitrogen and oxygen atoms in total. The van der Waals surface area contributed by atoms with E-state index in [9.17, 15) is 9.59 Å². The second-order valence-corrected chi connectivity index (χ2v) is 8.12. The van der Waals surface area contributed by atoms with Gasteiger partial charge in [0.15, 0.2) is 0 Å². The summed E-state index contributed by atoms with van der Waals surface area (Å²) in [6.45, 7) is 6.23. The highest BCUT2D eigenvalue weighted by atomic mass is 32.1. The molecule has 0 saturated heterocycles. The van der Waals surface area contributed by atoms with E-state index < -0.39 is 5.41 Å². The summed E-state index contributed by atoms with van der Waals surface area (Å²) in [5.41, 5.74) is -0.373. The molecule has 1 aromatic rings. The zero-order valence-electron chi connectivity index (χ0n) is 13.7. The van der Waals surface area contributed by atoms with Crippen LogP contribution in [0.5, 0.6) is 0 Å². The van der Waals surface area contributed by atoms with Crippen LogP contribution < -0.4 is 10.6 Å². The lowest BCUT2D eigenvalue weighted by molar-refractivity contribution is -0.131. The highest BCUT2D eigenvalue weighted by Gasteiger charge is 2.36. The second-order valence-electron chi connectivity index (χ2n) is 7.17. The molecule has 22 heavy (non-hydrogen) atoms. The maximum atomic E-state index is 12.0. The van der Waals surface area contributed by atoms with Gasteiger partial charge in [0.05, 0.1) is 6.54 Å². The van der Waals surface area contributed by atoms with Crippen LogP contribution in [0.3, 0.4) is 0 Å². The molecule has 0 unspecified atom stereocenters. The van der Waals surface area contributed by atoms with Gasteiger partial charge in [0.25, 0.3) is 0 Å². The summed E-state index contributed by atoms with van der Waals surface area (Å²) < 4.78 is 0. The van der Waals surface area contributed by atoms with E-state index in [4.69, 9.17) is 0 Å². The molecule has 1 saturated carbocycles. The number of carbonyl (C=O) groups excluding carboxylic acids is 2. The summed E-state index contributed by atoms with van der Waals surface area (Å²) in [7, 11) is 0. The van der Waals surface area contributed by atoms with E-state index in [0.29, 0.717) is 6.54 Å². The molecular weight excluding hydrogens is 296 g/mol. The van der Waals surface area contributed by atoms with E-state index in [1.807, 2.05) is 20.8 Å². The monoisotopic (exact) mass is 322 g/mol. The molecule has 0 spiro atoms. The third-order valence-electron chi connectivity index (χ3n) is 4.32. The smallest absolute Gasteiger partial charge is 0.239 e. The third-order valence-corrected chi connectivity index (χ3v) is 5.44. The summed E-state index contributed by atoms with van der Waals surface area (Å²) in [4.78, 5) is 25.2. The molecule has 1 aliphatic carbocycles. The van der Waals surface area contributed by atoms with Gasteiger partial charge in [0, 0.05) is 22.3 Å². The molecular formula is C17H26N2O2S. The molecule has 1 aliphatic rings. The van der Waals surface area contributed by atoms with Crippen LogP contribution in [0.4, 0.5) is 0 Å². The molecule has 1 heterocycles. The molecule has 1 fully saturated rings. The predicted octanol–water partition coefficient (Wildman–Crippen LogP) is 2.84. The average molecular weight is 322 g/mol. The summed E-state index contributed by atoms with van der Waals surface area (Å²) in [5.74, 6) is -0.211. The van der Waals surface area contributed by atoms with Gasteiger partial charge in [0.1, 0.15) is 0 Å². The van der Waals surface area contributed by atoms with E-state index in [1.165, 1.54) is 17.7 Å². The van der Waals surface area contributed by atoms with Gasteiger partial charge in [-0.2, -0.15) is 0 Å². The molecule has 0 atom stereocenters. The van der Waals surface area contributed by atoms with Gasteiger partial charge in [-0.25, -0.2) is 0 Å². The summed E-state index contributed by atoms with van der Waals surface area (Å²) in [6.07, 6.45) is 4.69. The van der Waals surface area contributed by atoms with Crippen molar-refractivity contribution in [1.29, 1.82) is 0 Å². The highest BCUT2D eigenvalue weighted by Crippen LogP contribution is 2.42. The van der Waals surface area contributed by atoms with E-state index in [-0.39, 0.29) is 23.8 Å². The van der Waals surface area contributed by atoms with Crippen molar-refractivity contribution in [2.45, 2.75) is 51.9 Å². The lowest BCUT2D eigenvalue weighted by Crippen LogP contribution is -2.45. The Hall–Kier alpha value is -1.36. The zero-order valence-corrected chi connectivity index (χ0v) is 14.5. The van der Waals surface area contributed by atoms with Crippen LogP contribution >= 0.6 is 11.3 Å². The minimum absolute atomic E-state index is 0.0522. The minimum atomic E-state index is -0.468. The van der Waals surface area contributed by atoms with E-state index in [1.54, 1.807) is 11.3 Å². The third kappa shape index (κ3) is 4.09. The number of hydrogen-bond donors (Lipinski definition) is 2. The SMILES string of the molecule is CC(C)(C)C(=O)NCC(=O)NCC1(c2cccs2)CCCC1. The fourth-order valence-corrected chi connectivity index (χ4v) is 3.89. The first-order chi connectivity index (χ1) is 10.3. The van der Waals surface area contributed by atoms with Gasteiger partial charge < -0.3 is 10.6 Å². The molecule has 0 aromatic carbocycles. The van der Waals surface area contributed by atoms with Crippen molar-refractivity contribution in [3.05, 3.63) is 22.4 Å². The lowest BCUT2D eigenvalue weighted by Gasteiger charge is -2.28. The Labute approximate surface area is 136 Å². The van der Waals surface area contributed by atoms with E-state index in [2.05, 4.69) is 28.1 Å². The quantitative estimate of drug-likeness (QED) is 0.876. The Balaban J connectivity index is 1.86. The van der Waals surface area contributed by atoms with Crippen molar-refractivity contribution < 1.29 is 9.59 Å². The van der Waals surface area contributed by atoms with Crippen LogP contribution in [0.1, 0.15) is 51.3 Å². The van der Waals surface area contributed by atoms with Crippen LogP contribution in [0.15, 0.2) is 17.5 Å². The van der Waals surface area contributed by atoms with Crippen molar-refractivity contribution in [2.24, 2.45) is 5.41 Å². The van der Waals surface area contributed by atoms with Crippen LogP contribution in [-0.2, 0) is 15.0 Å². The fourth-order valence-electron chi connectivity index (χ4n) is 2.90. The van der Waals surface area contributed by atoms with Gasteiger partial charge in [-0.05, 0) is 24.3 Å². The molecule has 0 aliphatic heterocycles. The van der Waals surface area contributed by atoms with Crippen LogP contribution in [-0.4, -0.2) is 24.9 Å². The molecule has 0 radical (unpaired) electrons. The van der Waals surface area contributed by atoms with Crippen molar-refractivity contribution in [1.82, 2.24) is 10.6 Å². The lowest BCUT2D eigenvalue weighted by atomic mass is 9.84. The summed E-state index contributed by atoms with van der Waals surface area (Å²) >= 11 is 1.77. The standard InChI is InChI=1S/C17H26N2O2S/c1-16(2,3)15(21)18-11-14(20)19-12-17(8-4-5-9-17)13-7-6-10-22-13/h6-7,10H,4-5,8-9,11-12H2,1-3H3,(H,18,21)(H,19,20). The topological polar surface area (TPSA) is 58.2 Å². The first-order valence-corrected chi connectivity index (χ1v) is 8.80. The minimum Gasteiger partial charge on any atom is -0.354 e. The Morgan fingerprint density at radius 3 is 2.45 bits per heavy atom. The number of rotatable bonds is 5. The fraction of sp³-hybridized carbons (Fsp3) is 0.647. The van der Waals surface area contributed by atoms with Gasteiger partial charge in [-0.3, -0.25) is 9.59 Å². The zero-order chi connectivity index (χ0) is 16.2. The summed E-state index contributed by atoms with van der Waals surface area (Å²) in [6, 6.07) is 4.25. The van der Waals surface area contributed by atoms with Crippen LogP contribution in [0.2, 0.25) is 0 Å². The van der Waals surface area contributed by atoms with Gasteiger partial charge in [0.2, 0.25) is 11.8 Å². The van der Waals surface area contributed by atoms with Gasteiger partial charge in [-0.15, -0.1) is 11.3 Å². The number of carbonyl (C=O) groups is 2. The number of nitrogens with one attached hydrogen (secondary N) is 2. The Kier molecular flexibility index (Phi) is 5.27. The first kappa shape index (κ1) is 17.0. The Bertz CT molecular complexity index is 511. The van der Waals surface area contributed by atoms with Crippen molar-refractivity contribution in [3.63, 3.8) is 0 Å². The van der Waals surface area contributed by atoms with Gasteiger partial charge >= 0.3 is 0 Å². The molecule has 122 valence electrons. The maximum absolute atomic E-state index is 12.0. The van der Waals surface area contributed by atoms with Crippen molar-refractivity contribution >= 4 is 23.2 Å². The largest absolute Gasteiger partial charge is 0.354 e. The molecule has 0 bridgehead atoms. The van der Waals surface area contributed by atoms with Crippen LogP contribution in [0, 0.1) is 5.41 Å². The van der Waals surface area contributed by atoms with E-state index >= 15 is 0 Å². The second kappa shape index (κ2) is 6.82. The van der Waals surface area contributed by atoms with E-state index in [0.717, 1.165) is 12.8 Å². The molecule has 5 heteroatoms. The van der Waals surface area contributed by atoms with Crippen LogP contribution in [0.25, 0.3) is 0 Å². The molecule has 1 aromatic heterocycles. The molecule has 2 N–H and O–H groups in total. The normalized spacial score (nSPS) is 17.2. The van der Waals surface area contributed by atoms with Crippen molar-refractivity contribution in [3.8, 4) is 0 Å². The molecule has 2 rings (SSSR count). The average Bonchev–Trinajstić information content (AvgIpc) is 3.12. The van der Waals surface area contributed by atoms with Crippen molar-refractivity contribution in [2.75, 3.05) is 13.1 Å². The Morgan fingerprint density at radius 2 is 1.91 bits per heavy atom. The highest BCUT2D eigenvalue weighted by molar-refractivity contribution is 7.10. The number of amides is 2. The number of hydrogen-bond acceptors (Lipinski definition) is 3. The molecule has 2 amide bonds. The predicted molar refractivity (Wildman–Crippen MR) is 89.9 cm³/mol. The maximum Gasteiger partial charge on any atom is 0.239 e. The first-order valence-electron chi connectivity index (χ1n) is 7.92. The summed E-state index contributed by atoms with van der Waals surface area (Å²) in [5, 5.41) is 7.81. The Morgan fingerprint density at radius 1 is 1.23 bits per heavy atom. The van der Waals surface area contributed by atoms with Gasteiger partial charge in [-0.1, -0.05) is 39.7 Å².